The Labute approximate surface area is 167 Å². The molecule has 1 atom stereocenters. The SMILES string of the molecule is CCOC(=O)c1ccc2c(c1)sc(=NC(=O)C1CCCN1S(C)(=O)=O)n2CC. The highest BCUT2D eigenvalue weighted by atomic mass is 32.2. The predicted octanol–water partition coefficient (Wildman–Crippen LogP) is 1.75. The average Bonchev–Trinajstić information content (AvgIpc) is 3.25. The number of aromatic nitrogens is 1. The molecule has 1 saturated heterocycles. The fourth-order valence-electron chi connectivity index (χ4n) is 3.36. The lowest BCUT2D eigenvalue weighted by Crippen LogP contribution is -2.39. The summed E-state index contributed by atoms with van der Waals surface area (Å²) in [6.07, 6.45) is 2.22. The van der Waals surface area contributed by atoms with Crippen LogP contribution in [0.3, 0.4) is 0 Å². The largest absolute Gasteiger partial charge is 0.462 e. The van der Waals surface area contributed by atoms with Gasteiger partial charge < -0.3 is 9.30 Å². The minimum Gasteiger partial charge on any atom is -0.462 e. The number of hydrogen-bond donors (Lipinski definition) is 0. The highest BCUT2D eigenvalue weighted by Gasteiger charge is 2.36. The number of carbonyl (C=O) groups excluding carboxylic acids is 2. The maximum atomic E-state index is 12.7. The van der Waals surface area contributed by atoms with Crippen molar-refractivity contribution in [2.45, 2.75) is 39.3 Å². The van der Waals surface area contributed by atoms with Crippen molar-refractivity contribution in [1.82, 2.24) is 8.87 Å². The molecule has 28 heavy (non-hydrogen) atoms. The molecule has 0 saturated carbocycles. The number of rotatable bonds is 5. The number of sulfonamides is 1. The molecule has 1 unspecified atom stereocenters. The molecule has 152 valence electrons. The lowest BCUT2D eigenvalue weighted by atomic mass is 10.2. The van der Waals surface area contributed by atoms with Gasteiger partial charge in [-0.05, 0) is 44.9 Å². The Morgan fingerprint density at radius 3 is 2.71 bits per heavy atom. The lowest BCUT2D eigenvalue weighted by Gasteiger charge is -2.18. The normalized spacial score (nSPS) is 18.7. The molecule has 1 aliphatic heterocycles. The second kappa shape index (κ2) is 8.14. The van der Waals surface area contributed by atoms with Gasteiger partial charge >= 0.3 is 5.97 Å². The Bertz CT molecular complexity index is 1080. The molecule has 1 amide bonds. The molecule has 1 aromatic carbocycles. The zero-order valence-corrected chi connectivity index (χ0v) is 17.7. The summed E-state index contributed by atoms with van der Waals surface area (Å²) < 4.78 is 32.8. The highest BCUT2D eigenvalue weighted by Crippen LogP contribution is 2.23. The van der Waals surface area contributed by atoms with E-state index in [1.54, 1.807) is 19.1 Å². The molecule has 10 heteroatoms. The Kier molecular flexibility index (Phi) is 6.01. The van der Waals surface area contributed by atoms with Crippen LogP contribution < -0.4 is 4.80 Å². The van der Waals surface area contributed by atoms with Gasteiger partial charge in [0.25, 0.3) is 5.91 Å². The summed E-state index contributed by atoms with van der Waals surface area (Å²) in [4.78, 5) is 29.4. The summed E-state index contributed by atoms with van der Waals surface area (Å²) >= 11 is 1.29. The molecule has 0 aliphatic carbocycles. The number of nitrogens with zero attached hydrogens (tertiary/aromatic N) is 3. The summed E-state index contributed by atoms with van der Waals surface area (Å²) in [6.45, 7) is 4.91. The van der Waals surface area contributed by atoms with Crippen molar-refractivity contribution in [3.8, 4) is 0 Å². The van der Waals surface area contributed by atoms with Gasteiger partial charge in [0.05, 0.1) is 28.6 Å². The van der Waals surface area contributed by atoms with E-state index < -0.39 is 27.9 Å². The van der Waals surface area contributed by atoms with E-state index in [0.29, 0.717) is 42.9 Å². The van der Waals surface area contributed by atoms with Gasteiger partial charge in [0, 0.05) is 13.1 Å². The van der Waals surface area contributed by atoms with E-state index in [4.69, 9.17) is 4.74 Å². The third-order valence-electron chi connectivity index (χ3n) is 4.63. The summed E-state index contributed by atoms with van der Waals surface area (Å²) in [5, 5.41) is 0. The molecule has 1 aliphatic rings. The van der Waals surface area contributed by atoms with Gasteiger partial charge in [-0.15, -0.1) is 0 Å². The Morgan fingerprint density at radius 2 is 2.07 bits per heavy atom. The summed E-state index contributed by atoms with van der Waals surface area (Å²) in [5.74, 6) is -0.854. The number of amides is 1. The van der Waals surface area contributed by atoms with E-state index >= 15 is 0 Å². The van der Waals surface area contributed by atoms with E-state index in [1.165, 1.54) is 15.6 Å². The molecule has 0 radical (unpaired) electrons. The molecule has 2 aromatic rings. The van der Waals surface area contributed by atoms with Crippen molar-refractivity contribution < 1.29 is 22.7 Å². The molecule has 3 rings (SSSR count). The highest BCUT2D eigenvalue weighted by molar-refractivity contribution is 7.88. The van der Waals surface area contributed by atoms with Crippen LogP contribution in [0.5, 0.6) is 0 Å². The smallest absolute Gasteiger partial charge is 0.338 e. The second-order valence-electron chi connectivity index (χ2n) is 6.51. The molecule has 8 nitrogen and oxygen atoms in total. The first-order chi connectivity index (χ1) is 13.3. The van der Waals surface area contributed by atoms with Crippen LogP contribution in [0.25, 0.3) is 10.2 Å². The maximum Gasteiger partial charge on any atom is 0.338 e. The zero-order valence-electron chi connectivity index (χ0n) is 16.0. The van der Waals surface area contributed by atoms with Crippen LogP contribution in [0.15, 0.2) is 23.2 Å². The first-order valence-electron chi connectivity index (χ1n) is 9.12. The molecular formula is C18H23N3O5S2. The van der Waals surface area contributed by atoms with E-state index in [9.17, 15) is 18.0 Å². The second-order valence-corrected chi connectivity index (χ2v) is 9.46. The van der Waals surface area contributed by atoms with Gasteiger partial charge in [-0.3, -0.25) is 4.79 Å². The van der Waals surface area contributed by atoms with E-state index in [-0.39, 0.29) is 0 Å². The first kappa shape index (κ1) is 20.7. The Hall–Kier alpha value is -2.04. The summed E-state index contributed by atoms with van der Waals surface area (Å²) in [6, 6.07) is 4.48. The fourth-order valence-corrected chi connectivity index (χ4v) is 5.62. The topological polar surface area (TPSA) is 98.0 Å². The van der Waals surface area contributed by atoms with Crippen LogP contribution >= 0.6 is 11.3 Å². The Morgan fingerprint density at radius 1 is 1.32 bits per heavy atom. The van der Waals surface area contributed by atoms with Crippen molar-refractivity contribution >= 4 is 43.5 Å². The quantitative estimate of drug-likeness (QED) is 0.680. The van der Waals surface area contributed by atoms with Crippen LogP contribution in [0, 0.1) is 0 Å². The van der Waals surface area contributed by atoms with Crippen LogP contribution in [-0.4, -0.2) is 54.6 Å². The van der Waals surface area contributed by atoms with Crippen molar-refractivity contribution in [1.29, 1.82) is 0 Å². The van der Waals surface area contributed by atoms with Crippen molar-refractivity contribution in [2.24, 2.45) is 4.99 Å². The van der Waals surface area contributed by atoms with E-state index in [0.717, 1.165) is 16.5 Å². The number of esters is 1. The lowest BCUT2D eigenvalue weighted by molar-refractivity contribution is -0.121. The van der Waals surface area contributed by atoms with Crippen LogP contribution in [0.1, 0.15) is 37.0 Å². The number of ether oxygens (including phenoxy) is 1. The summed E-state index contributed by atoms with van der Waals surface area (Å²) in [5.41, 5.74) is 1.30. The standard InChI is InChI=1S/C18H23N3O5S2/c1-4-20-13-9-8-12(17(23)26-5-2)11-15(13)27-18(20)19-16(22)14-7-6-10-21(14)28(3,24)25/h8-9,11,14H,4-7,10H2,1-3H3. The minimum atomic E-state index is -3.45. The van der Waals surface area contributed by atoms with Gasteiger partial charge in [-0.2, -0.15) is 9.30 Å². The molecule has 1 aromatic heterocycles. The molecule has 0 N–H and O–H groups in total. The number of aryl methyl sites for hydroxylation is 1. The predicted molar refractivity (Wildman–Crippen MR) is 107 cm³/mol. The monoisotopic (exact) mass is 425 g/mol. The molecule has 1 fully saturated rings. The Balaban J connectivity index is 2.02. The molecule has 2 heterocycles. The van der Waals surface area contributed by atoms with Crippen molar-refractivity contribution in [2.75, 3.05) is 19.4 Å². The number of hydrogen-bond acceptors (Lipinski definition) is 6. The maximum absolute atomic E-state index is 12.7. The average molecular weight is 426 g/mol. The third-order valence-corrected chi connectivity index (χ3v) is 6.96. The number of benzene rings is 1. The molecular weight excluding hydrogens is 402 g/mol. The summed E-state index contributed by atoms with van der Waals surface area (Å²) in [7, 11) is -3.45. The number of thiazole rings is 1. The molecule has 0 spiro atoms. The van der Waals surface area contributed by atoms with Crippen molar-refractivity contribution in [3.63, 3.8) is 0 Å². The fraction of sp³-hybridized carbons (Fsp3) is 0.500. The van der Waals surface area contributed by atoms with Gasteiger partial charge in [-0.1, -0.05) is 11.3 Å². The van der Waals surface area contributed by atoms with Crippen LogP contribution in [-0.2, 0) is 26.1 Å². The first-order valence-corrected chi connectivity index (χ1v) is 11.8. The number of fused-ring (bicyclic) bond motifs is 1. The van der Waals surface area contributed by atoms with Gasteiger partial charge in [0.2, 0.25) is 10.0 Å². The molecule has 0 bridgehead atoms. The van der Waals surface area contributed by atoms with Gasteiger partial charge in [-0.25, -0.2) is 13.2 Å². The zero-order chi connectivity index (χ0) is 20.5. The third kappa shape index (κ3) is 4.03. The number of carbonyl (C=O) groups is 2. The van der Waals surface area contributed by atoms with E-state index in [2.05, 4.69) is 4.99 Å². The minimum absolute atomic E-state index is 0.295. The van der Waals surface area contributed by atoms with Gasteiger partial charge in [0.15, 0.2) is 4.80 Å². The van der Waals surface area contributed by atoms with Gasteiger partial charge in [0.1, 0.15) is 6.04 Å². The van der Waals surface area contributed by atoms with Crippen LogP contribution in [0.4, 0.5) is 0 Å². The van der Waals surface area contributed by atoms with Crippen molar-refractivity contribution in [3.05, 3.63) is 28.6 Å². The van der Waals surface area contributed by atoms with E-state index in [1.807, 2.05) is 17.6 Å². The van der Waals surface area contributed by atoms with Crippen LogP contribution in [0.2, 0.25) is 0 Å².